The van der Waals surface area contributed by atoms with Crippen molar-refractivity contribution in [2.45, 2.75) is 13.5 Å². The third-order valence-electron chi connectivity index (χ3n) is 3.56. The van der Waals surface area contributed by atoms with Crippen LogP contribution in [0.1, 0.15) is 21.7 Å². The van der Waals surface area contributed by atoms with Crippen molar-refractivity contribution >= 4 is 29.1 Å². The monoisotopic (exact) mass is 353 g/mol. The van der Waals surface area contributed by atoms with E-state index in [1.54, 1.807) is 30.5 Å². The molecule has 2 N–H and O–H groups in total. The van der Waals surface area contributed by atoms with Crippen LogP contribution in [0, 0.1) is 6.92 Å². The standard InChI is InChI=1S/C18H16ClN5O/c1-12-14(19)6-4-7-15(12)23-17(25)16-8-10-21-18(24-16)22-11-13-5-2-3-9-20-13/h2-10H,11H2,1H3,(H,23,25)(H,21,22,24). The number of pyridine rings is 1. The Balaban J connectivity index is 1.70. The van der Waals surface area contributed by atoms with E-state index in [9.17, 15) is 4.79 Å². The Bertz CT molecular complexity index is 886. The Morgan fingerprint density at radius 1 is 1.08 bits per heavy atom. The van der Waals surface area contributed by atoms with Crippen molar-refractivity contribution in [1.29, 1.82) is 0 Å². The zero-order chi connectivity index (χ0) is 17.6. The number of benzene rings is 1. The molecular formula is C18H16ClN5O. The van der Waals surface area contributed by atoms with Gasteiger partial charge in [0, 0.05) is 23.1 Å². The van der Waals surface area contributed by atoms with Crippen LogP contribution in [-0.2, 0) is 6.54 Å². The highest BCUT2D eigenvalue weighted by molar-refractivity contribution is 6.31. The highest BCUT2D eigenvalue weighted by atomic mass is 35.5. The maximum Gasteiger partial charge on any atom is 0.274 e. The number of nitrogens with one attached hydrogen (secondary N) is 2. The maximum absolute atomic E-state index is 12.4. The molecule has 1 amide bonds. The summed E-state index contributed by atoms with van der Waals surface area (Å²) >= 11 is 6.08. The average molecular weight is 354 g/mol. The number of rotatable bonds is 5. The first kappa shape index (κ1) is 16.9. The van der Waals surface area contributed by atoms with Crippen LogP contribution in [0.4, 0.5) is 11.6 Å². The fourth-order valence-electron chi connectivity index (χ4n) is 2.17. The molecule has 2 aromatic heterocycles. The molecule has 3 aromatic rings. The van der Waals surface area contributed by atoms with Crippen molar-refractivity contribution in [3.63, 3.8) is 0 Å². The van der Waals surface area contributed by atoms with E-state index < -0.39 is 0 Å². The number of aromatic nitrogens is 3. The van der Waals surface area contributed by atoms with Gasteiger partial charge in [0.15, 0.2) is 0 Å². The van der Waals surface area contributed by atoms with Gasteiger partial charge in [-0.15, -0.1) is 0 Å². The van der Waals surface area contributed by atoms with Crippen molar-refractivity contribution in [3.05, 3.63) is 76.8 Å². The number of amides is 1. The van der Waals surface area contributed by atoms with Gasteiger partial charge in [0.05, 0.1) is 12.2 Å². The molecule has 126 valence electrons. The molecule has 0 bridgehead atoms. The zero-order valence-electron chi connectivity index (χ0n) is 13.5. The van der Waals surface area contributed by atoms with Crippen LogP contribution < -0.4 is 10.6 Å². The quantitative estimate of drug-likeness (QED) is 0.731. The third kappa shape index (κ3) is 4.30. The smallest absolute Gasteiger partial charge is 0.274 e. The first-order chi connectivity index (χ1) is 12.1. The second kappa shape index (κ2) is 7.72. The van der Waals surface area contributed by atoms with Gasteiger partial charge in [0.25, 0.3) is 5.91 Å². The van der Waals surface area contributed by atoms with E-state index in [2.05, 4.69) is 25.6 Å². The molecule has 0 aliphatic heterocycles. The van der Waals surface area contributed by atoms with Crippen LogP contribution in [0.5, 0.6) is 0 Å². The van der Waals surface area contributed by atoms with E-state index >= 15 is 0 Å². The minimum atomic E-state index is -0.325. The summed E-state index contributed by atoms with van der Waals surface area (Å²) in [7, 11) is 0. The SMILES string of the molecule is Cc1c(Cl)cccc1NC(=O)c1ccnc(NCc2ccccn2)n1. The Morgan fingerprint density at radius 3 is 2.76 bits per heavy atom. The van der Waals surface area contributed by atoms with E-state index in [1.165, 1.54) is 6.20 Å². The summed E-state index contributed by atoms with van der Waals surface area (Å²) in [4.78, 5) is 25.0. The van der Waals surface area contributed by atoms with Crippen molar-refractivity contribution in [2.24, 2.45) is 0 Å². The van der Waals surface area contributed by atoms with E-state index in [4.69, 9.17) is 11.6 Å². The van der Waals surface area contributed by atoms with E-state index in [0.717, 1.165) is 11.3 Å². The van der Waals surface area contributed by atoms with E-state index in [1.807, 2.05) is 25.1 Å². The van der Waals surface area contributed by atoms with E-state index in [-0.39, 0.29) is 11.6 Å². The van der Waals surface area contributed by atoms with Gasteiger partial charge in [-0.3, -0.25) is 9.78 Å². The normalized spacial score (nSPS) is 10.3. The molecule has 6 nitrogen and oxygen atoms in total. The Hall–Kier alpha value is -2.99. The van der Waals surface area contributed by atoms with Gasteiger partial charge >= 0.3 is 0 Å². The molecule has 0 aliphatic rings. The molecule has 0 saturated carbocycles. The average Bonchev–Trinajstić information content (AvgIpc) is 2.65. The van der Waals surface area contributed by atoms with Crippen LogP contribution in [0.15, 0.2) is 54.9 Å². The number of nitrogens with zero attached hydrogens (tertiary/aromatic N) is 3. The highest BCUT2D eigenvalue weighted by Crippen LogP contribution is 2.23. The molecule has 0 unspecified atom stereocenters. The van der Waals surface area contributed by atoms with E-state index in [0.29, 0.717) is 23.2 Å². The Morgan fingerprint density at radius 2 is 1.96 bits per heavy atom. The molecular weight excluding hydrogens is 338 g/mol. The van der Waals surface area contributed by atoms with Crippen molar-refractivity contribution in [3.8, 4) is 0 Å². The van der Waals surface area contributed by atoms with Gasteiger partial charge in [0.2, 0.25) is 5.95 Å². The molecule has 2 heterocycles. The first-order valence-electron chi connectivity index (χ1n) is 7.67. The predicted octanol–water partition coefficient (Wildman–Crippen LogP) is 3.70. The molecule has 0 saturated heterocycles. The first-order valence-corrected chi connectivity index (χ1v) is 8.04. The van der Waals surface area contributed by atoms with Gasteiger partial charge < -0.3 is 10.6 Å². The summed E-state index contributed by atoms with van der Waals surface area (Å²) in [5, 5.41) is 6.46. The van der Waals surface area contributed by atoms with Crippen molar-refractivity contribution in [1.82, 2.24) is 15.0 Å². The minimum Gasteiger partial charge on any atom is -0.349 e. The number of hydrogen-bond donors (Lipinski definition) is 2. The number of hydrogen-bond acceptors (Lipinski definition) is 5. The molecule has 7 heteroatoms. The topological polar surface area (TPSA) is 79.8 Å². The Labute approximate surface area is 150 Å². The lowest BCUT2D eigenvalue weighted by molar-refractivity contribution is 0.102. The number of carbonyl (C=O) groups excluding carboxylic acids is 1. The lowest BCUT2D eigenvalue weighted by Gasteiger charge is -2.10. The zero-order valence-corrected chi connectivity index (χ0v) is 14.3. The number of halogens is 1. The van der Waals surface area contributed by atoms with Gasteiger partial charge in [-0.05, 0) is 42.8 Å². The molecule has 1 aromatic carbocycles. The fraction of sp³-hybridized carbons (Fsp3) is 0.111. The van der Waals surface area contributed by atoms with Gasteiger partial charge in [-0.1, -0.05) is 23.7 Å². The molecule has 0 radical (unpaired) electrons. The molecule has 25 heavy (non-hydrogen) atoms. The minimum absolute atomic E-state index is 0.262. The van der Waals surface area contributed by atoms with Crippen LogP contribution in [0.2, 0.25) is 5.02 Å². The van der Waals surface area contributed by atoms with Gasteiger partial charge in [-0.2, -0.15) is 0 Å². The summed E-state index contributed by atoms with van der Waals surface area (Å²) in [6.45, 7) is 2.32. The molecule has 0 atom stereocenters. The molecule has 0 aliphatic carbocycles. The van der Waals surface area contributed by atoms with Crippen molar-refractivity contribution in [2.75, 3.05) is 10.6 Å². The number of anilines is 2. The summed E-state index contributed by atoms with van der Waals surface area (Å²) in [5.74, 6) is 0.0368. The van der Waals surface area contributed by atoms with Crippen LogP contribution in [0.25, 0.3) is 0 Å². The molecule has 3 rings (SSSR count). The lowest BCUT2D eigenvalue weighted by atomic mass is 10.2. The summed E-state index contributed by atoms with van der Waals surface area (Å²) in [5.41, 5.74) is 2.58. The van der Waals surface area contributed by atoms with Crippen LogP contribution in [-0.4, -0.2) is 20.9 Å². The predicted molar refractivity (Wildman–Crippen MR) is 97.7 cm³/mol. The molecule has 0 spiro atoms. The second-order valence-corrected chi connectivity index (χ2v) is 5.71. The lowest BCUT2D eigenvalue weighted by Crippen LogP contribution is -2.16. The van der Waals surface area contributed by atoms with Crippen molar-refractivity contribution < 1.29 is 4.79 Å². The summed E-state index contributed by atoms with van der Waals surface area (Å²) in [6, 6.07) is 12.6. The largest absolute Gasteiger partial charge is 0.349 e. The fourth-order valence-corrected chi connectivity index (χ4v) is 2.35. The van der Waals surface area contributed by atoms with Gasteiger partial charge in [0.1, 0.15) is 5.69 Å². The van der Waals surface area contributed by atoms with Crippen LogP contribution in [0.3, 0.4) is 0 Å². The summed E-state index contributed by atoms with van der Waals surface area (Å²) in [6.07, 6.45) is 3.25. The number of carbonyl (C=O) groups is 1. The highest BCUT2D eigenvalue weighted by Gasteiger charge is 2.11. The maximum atomic E-state index is 12.4. The molecule has 0 fully saturated rings. The van der Waals surface area contributed by atoms with Gasteiger partial charge in [-0.25, -0.2) is 9.97 Å². The Kier molecular flexibility index (Phi) is 5.20. The summed E-state index contributed by atoms with van der Waals surface area (Å²) < 4.78 is 0. The van der Waals surface area contributed by atoms with Crippen LogP contribution >= 0.6 is 11.6 Å². The second-order valence-electron chi connectivity index (χ2n) is 5.31. The third-order valence-corrected chi connectivity index (χ3v) is 3.97.